The topological polar surface area (TPSA) is 32.3 Å². The average molecular weight is 198 g/mol. The molecule has 3 heteroatoms. The van der Waals surface area contributed by atoms with E-state index in [1.807, 2.05) is 7.05 Å². The van der Waals surface area contributed by atoms with E-state index in [0.717, 1.165) is 32.2 Å². The molecule has 0 aromatic rings. The summed E-state index contributed by atoms with van der Waals surface area (Å²) in [5.74, 6) is 0. The molecule has 0 aliphatic heterocycles. The van der Waals surface area contributed by atoms with Gasteiger partial charge in [-0.3, -0.25) is 0 Å². The first-order valence-electron chi connectivity index (χ1n) is 5.75. The summed E-state index contributed by atoms with van der Waals surface area (Å²) in [6.45, 7) is 3.01. The highest BCUT2D eigenvalue weighted by atomic mass is 16.2. The molecule has 1 aliphatic rings. The van der Waals surface area contributed by atoms with Gasteiger partial charge in [-0.05, 0) is 19.3 Å². The van der Waals surface area contributed by atoms with Crippen LogP contribution in [0.3, 0.4) is 0 Å². The molecule has 1 rings (SSSR count). The van der Waals surface area contributed by atoms with Crippen molar-refractivity contribution in [2.45, 2.75) is 51.5 Å². The van der Waals surface area contributed by atoms with E-state index in [1.54, 1.807) is 4.90 Å². The number of unbranched alkanes of at least 4 members (excludes halogenated alkanes) is 1. The Hall–Kier alpha value is -0.730. The Labute approximate surface area is 86.9 Å². The van der Waals surface area contributed by atoms with E-state index in [-0.39, 0.29) is 6.03 Å². The van der Waals surface area contributed by atoms with Gasteiger partial charge < -0.3 is 10.2 Å². The molecule has 0 saturated heterocycles. The number of urea groups is 1. The third kappa shape index (κ3) is 3.56. The highest BCUT2D eigenvalue weighted by Gasteiger charge is 2.18. The number of carbonyl (C=O) groups is 1. The van der Waals surface area contributed by atoms with Crippen molar-refractivity contribution in [1.29, 1.82) is 0 Å². The van der Waals surface area contributed by atoms with Crippen LogP contribution in [0.5, 0.6) is 0 Å². The minimum Gasteiger partial charge on any atom is -0.335 e. The van der Waals surface area contributed by atoms with E-state index in [0.29, 0.717) is 6.04 Å². The van der Waals surface area contributed by atoms with Crippen LogP contribution < -0.4 is 5.32 Å². The van der Waals surface area contributed by atoms with Gasteiger partial charge in [-0.15, -0.1) is 0 Å². The fourth-order valence-electron chi connectivity index (χ4n) is 1.85. The van der Waals surface area contributed by atoms with Crippen molar-refractivity contribution in [2.24, 2.45) is 0 Å². The van der Waals surface area contributed by atoms with Crippen LogP contribution in [0, 0.1) is 0 Å². The maximum atomic E-state index is 11.6. The summed E-state index contributed by atoms with van der Waals surface area (Å²) in [4.78, 5) is 13.4. The number of nitrogens with one attached hydrogen (secondary N) is 1. The van der Waals surface area contributed by atoms with E-state index in [2.05, 4.69) is 12.2 Å². The fourth-order valence-corrected chi connectivity index (χ4v) is 1.85. The van der Waals surface area contributed by atoms with Gasteiger partial charge in [0.05, 0.1) is 0 Å². The van der Waals surface area contributed by atoms with E-state index in [4.69, 9.17) is 0 Å². The smallest absolute Gasteiger partial charge is 0.317 e. The molecule has 0 heterocycles. The van der Waals surface area contributed by atoms with Gasteiger partial charge in [0.2, 0.25) is 0 Å². The number of rotatable bonds is 4. The van der Waals surface area contributed by atoms with Crippen molar-refractivity contribution < 1.29 is 4.79 Å². The van der Waals surface area contributed by atoms with Gasteiger partial charge in [0.15, 0.2) is 0 Å². The normalized spacial score (nSPS) is 17.0. The van der Waals surface area contributed by atoms with Crippen LogP contribution in [0.15, 0.2) is 0 Å². The molecule has 2 amide bonds. The summed E-state index contributed by atoms with van der Waals surface area (Å²) < 4.78 is 0. The molecule has 1 fully saturated rings. The predicted molar refractivity (Wildman–Crippen MR) is 58.3 cm³/mol. The van der Waals surface area contributed by atoms with E-state index in [1.165, 1.54) is 12.8 Å². The Bertz CT molecular complexity index is 176. The van der Waals surface area contributed by atoms with Crippen molar-refractivity contribution in [3.63, 3.8) is 0 Å². The number of nitrogens with zero attached hydrogens (tertiary/aromatic N) is 1. The molecule has 0 spiro atoms. The zero-order chi connectivity index (χ0) is 10.4. The van der Waals surface area contributed by atoms with E-state index < -0.39 is 0 Å². The zero-order valence-corrected chi connectivity index (χ0v) is 9.38. The Morgan fingerprint density at radius 2 is 2.07 bits per heavy atom. The molecule has 0 bridgehead atoms. The molecular formula is C11H22N2O. The lowest BCUT2D eigenvalue weighted by Gasteiger charge is -2.20. The van der Waals surface area contributed by atoms with Gasteiger partial charge in [-0.1, -0.05) is 26.2 Å². The number of carbonyl (C=O) groups excluding carboxylic acids is 1. The second-order valence-corrected chi connectivity index (χ2v) is 4.21. The van der Waals surface area contributed by atoms with Gasteiger partial charge in [-0.2, -0.15) is 0 Å². The van der Waals surface area contributed by atoms with Crippen LogP contribution in [-0.4, -0.2) is 30.6 Å². The predicted octanol–water partition coefficient (Wildman–Crippen LogP) is 2.37. The Morgan fingerprint density at radius 3 is 2.64 bits per heavy atom. The summed E-state index contributed by atoms with van der Waals surface area (Å²) in [6, 6.07) is 0.539. The van der Waals surface area contributed by atoms with Crippen molar-refractivity contribution >= 4 is 6.03 Å². The molecule has 0 aromatic heterocycles. The third-order valence-electron chi connectivity index (χ3n) is 2.88. The first-order valence-corrected chi connectivity index (χ1v) is 5.75. The highest BCUT2D eigenvalue weighted by molar-refractivity contribution is 5.74. The lowest BCUT2D eigenvalue weighted by molar-refractivity contribution is 0.204. The van der Waals surface area contributed by atoms with Crippen LogP contribution in [0.25, 0.3) is 0 Å². The van der Waals surface area contributed by atoms with Crippen LogP contribution in [0.2, 0.25) is 0 Å². The van der Waals surface area contributed by atoms with Gasteiger partial charge in [0.25, 0.3) is 0 Å². The lowest BCUT2D eigenvalue weighted by Crippen LogP contribution is -2.42. The van der Waals surface area contributed by atoms with E-state index >= 15 is 0 Å². The van der Waals surface area contributed by atoms with Crippen molar-refractivity contribution in [2.75, 3.05) is 13.6 Å². The molecule has 82 valence electrons. The van der Waals surface area contributed by atoms with Crippen LogP contribution in [0.4, 0.5) is 4.79 Å². The summed E-state index contributed by atoms with van der Waals surface area (Å²) in [7, 11) is 1.87. The average Bonchev–Trinajstić information content (AvgIpc) is 2.66. The molecule has 0 radical (unpaired) electrons. The Kier molecular flexibility index (Phi) is 4.77. The summed E-state index contributed by atoms with van der Waals surface area (Å²) in [5, 5.41) is 3.07. The molecule has 3 nitrogen and oxygen atoms in total. The highest BCUT2D eigenvalue weighted by Crippen LogP contribution is 2.17. The minimum atomic E-state index is 0.102. The Morgan fingerprint density at radius 1 is 1.43 bits per heavy atom. The maximum Gasteiger partial charge on any atom is 0.317 e. The minimum absolute atomic E-state index is 0.102. The van der Waals surface area contributed by atoms with Gasteiger partial charge in [0.1, 0.15) is 0 Å². The van der Waals surface area contributed by atoms with Crippen LogP contribution in [0.1, 0.15) is 45.4 Å². The van der Waals surface area contributed by atoms with Gasteiger partial charge in [-0.25, -0.2) is 4.79 Å². The fraction of sp³-hybridized carbons (Fsp3) is 0.909. The second kappa shape index (κ2) is 5.89. The molecule has 1 N–H and O–H groups in total. The molecule has 14 heavy (non-hydrogen) atoms. The van der Waals surface area contributed by atoms with Crippen LogP contribution >= 0.6 is 0 Å². The molecule has 1 saturated carbocycles. The summed E-state index contributed by atoms with van der Waals surface area (Å²) in [5.41, 5.74) is 0. The van der Waals surface area contributed by atoms with Crippen LogP contribution in [-0.2, 0) is 0 Å². The largest absolute Gasteiger partial charge is 0.335 e. The molecule has 0 atom stereocenters. The van der Waals surface area contributed by atoms with E-state index in [9.17, 15) is 4.79 Å². The quantitative estimate of drug-likeness (QED) is 0.739. The van der Waals surface area contributed by atoms with Crippen molar-refractivity contribution in [3.8, 4) is 0 Å². The first-order chi connectivity index (χ1) is 6.74. The number of amides is 2. The number of hydrogen-bond donors (Lipinski definition) is 1. The Balaban J connectivity index is 2.18. The second-order valence-electron chi connectivity index (χ2n) is 4.21. The molecule has 1 aliphatic carbocycles. The summed E-state index contributed by atoms with van der Waals surface area (Å²) in [6.07, 6.45) is 7.09. The zero-order valence-electron chi connectivity index (χ0n) is 9.38. The SMILES string of the molecule is CCCCN(C)C(=O)NC1CCCC1. The first kappa shape index (κ1) is 11.3. The number of hydrogen-bond acceptors (Lipinski definition) is 1. The van der Waals surface area contributed by atoms with Crippen molar-refractivity contribution in [3.05, 3.63) is 0 Å². The molecule has 0 unspecified atom stereocenters. The van der Waals surface area contributed by atoms with Gasteiger partial charge in [0, 0.05) is 19.6 Å². The monoisotopic (exact) mass is 198 g/mol. The maximum absolute atomic E-state index is 11.6. The van der Waals surface area contributed by atoms with Gasteiger partial charge >= 0.3 is 6.03 Å². The molecule has 0 aromatic carbocycles. The summed E-state index contributed by atoms with van der Waals surface area (Å²) >= 11 is 0. The molecular weight excluding hydrogens is 176 g/mol. The standard InChI is InChI=1S/C11H22N2O/c1-3-4-9-13(2)11(14)12-10-7-5-6-8-10/h10H,3-9H2,1-2H3,(H,12,14). The van der Waals surface area contributed by atoms with Crippen molar-refractivity contribution in [1.82, 2.24) is 10.2 Å². The third-order valence-corrected chi connectivity index (χ3v) is 2.88. The lowest BCUT2D eigenvalue weighted by atomic mass is 10.2.